The third-order valence-corrected chi connectivity index (χ3v) is 2.72. The first kappa shape index (κ1) is 8.48. The summed E-state index contributed by atoms with van der Waals surface area (Å²) in [6, 6.07) is 0.614. The van der Waals surface area contributed by atoms with Gasteiger partial charge in [0.2, 0.25) is 0 Å². The van der Waals surface area contributed by atoms with E-state index in [-0.39, 0.29) is 0 Å². The molecular formula is C9H17NO2. The molecule has 0 aliphatic carbocycles. The van der Waals surface area contributed by atoms with Gasteiger partial charge in [-0.25, -0.2) is 0 Å². The molecule has 70 valence electrons. The largest absolute Gasteiger partial charge is 0.372 e. The molecule has 0 aromatic heterocycles. The molecule has 0 spiro atoms. The summed E-state index contributed by atoms with van der Waals surface area (Å²) in [4.78, 5) is 2.42. The van der Waals surface area contributed by atoms with Crippen LogP contribution >= 0.6 is 0 Å². The molecule has 3 heteroatoms. The zero-order valence-electron chi connectivity index (χ0n) is 7.82. The lowest BCUT2D eigenvalue weighted by molar-refractivity contribution is -0.116. The smallest absolute Gasteiger partial charge is 0.0977 e. The van der Waals surface area contributed by atoms with Crippen LogP contribution in [0.4, 0.5) is 0 Å². The van der Waals surface area contributed by atoms with Crippen LogP contribution in [0.3, 0.4) is 0 Å². The van der Waals surface area contributed by atoms with E-state index in [1.165, 1.54) is 0 Å². The summed E-state index contributed by atoms with van der Waals surface area (Å²) in [6.07, 6.45) is 0.669. The minimum absolute atomic E-state index is 0.334. The summed E-state index contributed by atoms with van der Waals surface area (Å²) in [6.45, 7) is 8.07. The maximum absolute atomic E-state index is 5.62. The number of ether oxygens (including phenoxy) is 2. The van der Waals surface area contributed by atoms with E-state index in [1.807, 2.05) is 0 Å². The molecule has 0 amide bonds. The van der Waals surface area contributed by atoms with Gasteiger partial charge in [-0.05, 0) is 13.8 Å². The average Bonchev–Trinajstić information content (AvgIpc) is 2.46. The molecule has 2 aliphatic rings. The van der Waals surface area contributed by atoms with Gasteiger partial charge in [-0.1, -0.05) is 0 Å². The van der Waals surface area contributed by atoms with Crippen molar-refractivity contribution < 1.29 is 9.47 Å². The van der Waals surface area contributed by atoms with E-state index < -0.39 is 0 Å². The van der Waals surface area contributed by atoms with Gasteiger partial charge >= 0.3 is 0 Å². The van der Waals surface area contributed by atoms with Crippen LogP contribution in [0.25, 0.3) is 0 Å². The Labute approximate surface area is 73.6 Å². The maximum Gasteiger partial charge on any atom is 0.0977 e. The molecule has 0 radical (unpaired) electrons. The van der Waals surface area contributed by atoms with Crippen molar-refractivity contribution in [1.82, 2.24) is 4.90 Å². The maximum atomic E-state index is 5.62. The molecule has 2 fully saturated rings. The fourth-order valence-electron chi connectivity index (χ4n) is 1.91. The molecule has 2 atom stereocenters. The van der Waals surface area contributed by atoms with Crippen molar-refractivity contribution in [3.8, 4) is 0 Å². The van der Waals surface area contributed by atoms with E-state index >= 15 is 0 Å². The summed E-state index contributed by atoms with van der Waals surface area (Å²) in [5.41, 5.74) is 0. The quantitative estimate of drug-likeness (QED) is 0.573. The number of fused-ring (bicyclic) bond motifs is 1. The third kappa shape index (κ3) is 1.49. The van der Waals surface area contributed by atoms with Crippen molar-refractivity contribution in [2.24, 2.45) is 0 Å². The third-order valence-electron chi connectivity index (χ3n) is 2.72. The molecule has 2 rings (SSSR count). The van der Waals surface area contributed by atoms with Gasteiger partial charge in [-0.15, -0.1) is 0 Å². The van der Waals surface area contributed by atoms with Crippen LogP contribution in [-0.4, -0.2) is 49.5 Å². The van der Waals surface area contributed by atoms with Crippen LogP contribution in [0.5, 0.6) is 0 Å². The van der Waals surface area contributed by atoms with Crippen LogP contribution in [-0.2, 0) is 9.47 Å². The molecule has 0 saturated carbocycles. The minimum atomic E-state index is 0.334. The first-order chi connectivity index (χ1) is 5.77. The zero-order chi connectivity index (χ0) is 8.55. The van der Waals surface area contributed by atoms with Gasteiger partial charge in [0, 0.05) is 19.1 Å². The van der Waals surface area contributed by atoms with Gasteiger partial charge in [-0.3, -0.25) is 4.90 Å². The molecule has 0 aromatic rings. The van der Waals surface area contributed by atoms with Crippen LogP contribution in [0.2, 0.25) is 0 Å². The Balaban J connectivity index is 1.94. The number of rotatable bonds is 1. The Kier molecular flexibility index (Phi) is 2.35. The second kappa shape index (κ2) is 3.32. The average molecular weight is 171 g/mol. The Morgan fingerprint density at radius 2 is 1.58 bits per heavy atom. The summed E-state index contributed by atoms with van der Waals surface area (Å²) in [5, 5.41) is 0. The lowest BCUT2D eigenvalue weighted by Crippen LogP contribution is -2.36. The molecule has 2 heterocycles. The Hall–Kier alpha value is -0.120. The number of nitrogens with zero attached hydrogens (tertiary/aromatic N) is 1. The van der Waals surface area contributed by atoms with Gasteiger partial charge in [0.25, 0.3) is 0 Å². The summed E-state index contributed by atoms with van der Waals surface area (Å²) >= 11 is 0. The van der Waals surface area contributed by atoms with Crippen molar-refractivity contribution in [2.45, 2.75) is 32.1 Å². The highest BCUT2D eigenvalue weighted by Gasteiger charge is 2.37. The van der Waals surface area contributed by atoms with Crippen molar-refractivity contribution in [3.63, 3.8) is 0 Å². The molecule has 0 aromatic carbocycles. The monoisotopic (exact) mass is 171 g/mol. The SMILES string of the molecule is CC(C)N1C[C@H]2OCCO[C@@H]2C1. The standard InChI is InChI=1S/C9H17NO2/c1-7(2)10-5-8-9(6-10)12-4-3-11-8/h7-9H,3-6H2,1-2H3/t8-,9-/m1/s1. The van der Waals surface area contributed by atoms with E-state index in [0.29, 0.717) is 18.2 Å². The lowest BCUT2D eigenvalue weighted by Gasteiger charge is -2.24. The normalized spacial score (nSPS) is 37.2. The number of likely N-dealkylation sites (tertiary alicyclic amines) is 1. The van der Waals surface area contributed by atoms with E-state index in [1.54, 1.807) is 0 Å². The van der Waals surface area contributed by atoms with Gasteiger partial charge in [-0.2, -0.15) is 0 Å². The number of hydrogen-bond acceptors (Lipinski definition) is 3. The molecule has 2 aliphatic heterocycles. The van der Waals surface area contributed by atoms with Crippen molar-refractivity contribution in [2.75, 3.05) is 26.3 Å². The van der Waals surface area contributed by atoms with E-state index in [2.05, 4.69) is 18.7 Å². The molecule has 0 unspecified atom stereocenters. The Morgan fingerprint density at radius 3 is 2.00 bits per heavy atom. The fraction of sp³-hybridized carbons (Fsp3) is 1.00. The predicted octanol–water partition coefficient (Wildman–Crippen LogP) is 0.494. The van der Waals surface area contributed by atoms with Gasteiger partial charge < -0.3 is 9.47 Å². The van der Waals surface area contributed by atoms with E-state index in [0.717, 1.165) is 26.3 Å². The number of hydrogen-bond donors (Lipinski definition) is 0. The zero-order valence-corrected chi connectivity index (χ0v) is 7.82. The van der Waals surface area contributed by atoms with Gasteiger partial charge in [0.1, 0.15) is 0 Å². The van der Waals surface area contributed by atoms with Crippen LogP contribution in [0.15, 0.2) is 0 Å². The lowest BCUT2D eigenvalue weighted by atomic mass is 10.2. The second-order valence-electron chi connectivity index (χ2n) is 3.87. The van der Waals surface area contributed by atoms with Crippen LogP contribution in [0, 0.1) is 0 Å². The Morgan fingerprint density at radius 1 is 1.08 bits per heavy atom. The van der Waals surface area contributed by atoms with E-state index in [4.69, 9.17) is 9.47 Å². The van der Waals surface area contributed by atoms with Crippen molar-refractivity contribution in [3.05, 3.63) is 0 Å². The molecule has 2 saturated heterocycles. The summed E-state index contributed by atoms with van der Waals surface area (Å²) in [7, 11) is 0. The fourth-order valence-corrected chi connectivity index (χ4v) is 1.91. The van der Waals surface area contributed by atoms with Crippen LogP contribution in [0.1, 0.15) is 13.8 Å². The molecule has 0 N–H and O–H groups in total. The Bertz CT molecular complexity index is 147. The van der Waals surface area contributed by atoms with Gasteiger partial charge in [0.15, 0.2) is 0 Å². The molecule has 12 heavy (non-hydrogen) atoms. The van der Waals surface area contributed by atoms with Crippen molar-refractivity contribution >= 4 is 0 Å². The predicted molar refractivity (Wildman–Crippen MR) is 46.2 cm³/mol. The van der Waals surface area contributed by atoms with Crippen LogP contribution < -0.4 is 0 Å². The summed E-state index contributed by atoms with van der Waals surface area (Å²) < 4.78 is 11.2. The van der Waals surface area contributed by atoms with E-state index in [9.17, 15) is 0 Å². The summed E-state index contributed by atoms with van der Waals surface area (Å²) in [5.74, 6) is 0. The minimum Gasteiger partial charge on any atom is -0.372 e. The highest BCUT2D eigenvalue weighted by molar-refractivity contribution is 4.88. The first-order valence-electron chi connectivity index (χ1n) is 4.74. The molecule has 0 bridgehead atoms. The first-order valence-corrected chi connectivity index (χ1v) is 4.74. The van der Waals surface area contributed by atoms with Crippen molar-refractivity contribution in [1.29, 1.82) is 0 Å². The topological polar surface area (TPSA) is 21.7 Å². The second-order valence-corrected chi connectivity index (χ2v) is 3.87. The molecular weight excluding hydrogens is 154 g/mol. The van der Waals surface area contributed by atoms with Gasteiger partial charge in [0.05, 0.1) is 25.4 Å². The highest BCUT2D eigenvalue weighted by atomic mass is 16.6. The molecule has 3 nitrogen and oxygen atoms in total. The highest BCUT2D eigenvalue weighted by Crippen LogP contribution is 2.21.